The van der Waals surface area contributed by atoms with Gasteiger partial charge in [-0.05, 0) is 36.8 Å². The monoisotopic (exact) mass is 464 g/mol. The molecule has 4 rings (SSSR count). The van der Waals surface area contributed by atoms with Crippen molar-refractivity contribution in [1.82, 2.24) is 14.5 Å². The first-order valence-corrected chi connectivity index (χ1v) is 11.0. The third-order valence-electron chi connectivity index (χ3n) is 5.34. The Morgan fingerprint density at radius 2 is 1.79 bits per heavy atom. The SMILES string of the molecule is COc1cc(Cn2c(-c3csc(-c4ccc(OC)nc4)n3)cc(C(N)=O)c2C)cc(OC)c1. The number of ether oxygens (including phenoxy) is 3. The van der Waals surface area contributed by atoms with Gasteiger partial charge in [-0.2, -0.15) is 0 Å². The van der Waals surface area contributed by atoms with Crippen LogP contribution >= 0.6 is 11.3 Å². The fourth-order valence-electron chi connectivity index (χ4n) is 3.60. The van der Waals surface area contributed by atoms with Crippen molar-refractivity contribution in [2.45, 2.75) is 13.5 Å². The van der Waals surface area contributed by atoms with Crippen LogP contribution in [-0.2, 0) is 6.54 Å². The molecule has 1 aromatic carbocycles. The summed E-state index contributed by atoms with van der Waals surface area (Å²) in [5, 5.41) is 2.77. The molecular formula is C24H24N4O4S. The van der Waals surface area contributed by atoms with Gasteiger partial charge in [0.25, 0.3) is 5.91 Å². The number of thiazole rings is 1. The second-order valence-corrected chi connectivity index (χ2v) is 8.19. The van der Waals surface area contributed by atoms with Crippen LogP contribution in [0.1, 0.15) is 21.6 Å². The van der Waals surface area contributed by atoms with Gasteiger partial charge in [0.05, 0.1) is 38.3 Å². The number of methoxy groups -OCH3 is 3. The number of amides is 1. The predicted molar refractivity (Wildman–Crippen MR) is 127 cm³/mol. The summed E-state index contributed by atoms with van der Waals surface area (Å²) < 4.78 is 18.0. The van der Waals surface area contributed by atoms with Gasteiger partial charge in [0.1, 0.15) is 16.5 Å². The maximum atomic E-state index is 12.1. The van der Waals surface area contributed by atoms with E-state index in [1.54, 1.807) is 39.7 Å². The van der Waals surface area contributed by atoms with Gasteiger partial charge in [-0.1, -0.05) is 0 Å². The van der Waals surface area contributed by atoms with Crippen LogP contribution in [0.15, 0.2) is 48.0 Å². The summed E-state index contributed by atoms with van der Waals surface area (Å²) in [6.07, 6.45) is 1.73. The lowest BCUT2D eigenvalue weighted by atomic mass is 10.2. The van der Waals surface area contributed by atoms with Crippen LogP contribution in [0.5, 0.6) is 17.4 Å². The molecular weight excluding hydrogens is 440 g/mol. The van der Waals surface area contributed by atoms with Crippen LogP contribution in [0.2, 0.25) is 0 Å². The Labute approximate surface area is 195 Å². The third kappa shape index (κ3) is 4.54. The minimum absolute atomic E-state index is 0.459. The van der Waals surface area contributed by atoms with E-state index in [9.17, 15) is 4.79 Å². The standard InChI is InChI=1S/C24H24N4O4S/c1-14-19(23(25)29)10-21(28(14)12-15-7-17(30-2)9-18(8-15)31-3)20-13-33-24(27-20)16-5-6-22(32-4)26-11-16/h5-11,13H,12H2,1-4H3,(H2,25,29). The molecule has 0 aliphatic heterocycles. The molecule has 0 bridgehead atoms. The van der Waals surface area contributed by atoms with E-state index in [2.05, 4.69) is 4.98 Å². The molecule has 0 spiro atoms. The highest BCUT2D eigenvalue weighted by atomic mass is 32.1. The average molecular weight is 465 g/mol. The fraction of sp³-hybridized carbons (Fsp3) is 0.208. The van der Waals surface area contributed by atoms with Crippen LogP contribution in [-0.4, -0.2) is 41.8 Å². The zero-order valence-electron chi connectivity index (χ0n) is 18.8. The van der Waals surface area contributed by atoms with Crippen LogP contribution in [0.25, 0.3) is 22.0 Å². The van der Waals surface area contributed by atoms with Gasteiger partial charge in [0, 0.05) is 41.5 Å². The molecule has 9 heteroatoms. The van der Waals surface area contributed by atoms with Crippen molar-refractivity contribution >= 4 is 17.2 Å². The van der Waals surface area contributed by atoms with Gasteiger partial charge < -0.3 is 24.5 Å². The van der Waals surface area contributed by atoms with Crippen LogP contribution in [0.4, 0.5) is 0 Å². The van der Waals surface area contributed by atoms with Gasteiger partial charge in [-0.15, -0.1) is 11.3 Å². The van der Waals surface area contributed by atoms with Crippen molar-refractivity contribution in [3.05, 3.63) is 64.8 Å². The number of hydrogen-bond acceptors (Lipinski definition) is 7. The van der Waals surface area contributed by atoms with Crippen LogP contribution in [0, 0.1) is 6.92 Å². The average Bonchev–Trinajstić information content (AvgIpc) is 3.44. The molecule has 0 unspecified atom stereocenters. The van der Waals surface area contributed by atoms with E-state index in [-0.39, 0.29) is 0 Å². The summed E-state index contributed by atoms with van der Waals surface area (Å²) in [5.74, 6) is 1.44. The molecule has 4 aromatic rings. The van der Waals surface area contributed by atoms with Gasteiger partial charge in [0.15, 0.2) is 0 Å². The Hall–Kier alpha value is -3.85. The largest absolute Gasteiger partial charge is 0.497 e. The maximum Gasteiger partial charge on any atom is 0.250 e. The lowest BCUT2D eigenvalue weighted by Crippen LogP contribution is -2.12. The molecule has 3 heterocycles. The van der Waals surface area contributed by atoms with Gasteiger partial charge in [0.2, 0.25) is 5.88 Å². The van der Waals surface area contributed by atoms with Crippen molar-refractivity contribution < 1.29 is 19.0 Å². The lowest BCUT2D eigenvalue weighted by Gasteiger charge is -2.13. The molecule has 8 nitrogen and oxygen atoms in total. The van der Waals surface area contributed by atoms with E-state index in [0.717, 1.165) is 33.2 Å². The zero-order valence-corrected chi connectivity index (χ0v) is 19.6. The van der Waals surface area contributed by atoms with Crippen molar-refractivity contribution in [2.75, 3.05) is 21.3 Å². The smallest absolute Gasteiger partial charge is 0.250 e. The maximum absolute atomic E-state index is 12.1. The van der Waals surface area contributed by atoms with Gasteiger partial charge in [-0.3, -0.25) is 4.79 Å². The number of rotatable bonds is 8. The highest BCUT2D eigenvalue weighted by Gasteiger charge is 2.20. The minimum Gasteiger partial charge on any atom is -0.497 e. The second-order valence-electron chi connectivity index (χ2n) is 7.33. The number of nitrogens with zero attached hydrogens (tertiary/aromatic N) is 3. The van der Waals surface area contributed by atoms with Crippen molar-refractivity contribution in [3.8, 4) is 39.3 Å². The predicted octanol–water partition coefficient (Wildman–Crippen LogP) is 4.16. The quantitative estimate of drug-likeness (QED) is 0.420. The molecule has 1 amide bonds. The van der Waals surface area contributed by atoms with E-state index in [1.807, 2.05) is 41.1 Å². The molecule has 3 aromatic heterocycles. The number of nitrogens with two attached hydrogens (primary N) is 1. The van der Waals surface area contributed by atoms with E-state index in [4.69, 9.17) is 24.9 Å². The van der Waals surface area contributed by atoms with E-state index < -0.39 is 5.91 Å². The van der Waals surface area contributed by atoms with Crippen molar-refractivity contribution in [3.63, 3.8) is 0 Å². The van der Waals surface area contributed by atoms with Crippen LogP contribution < -0.4 is 19.9 Å². The summed E-state index contributed by atoms with van der Waals surface area (Å²) in [6.45, 7) is 2.36. The molecule has 0 aliphatic rings. The fourth-order valence-corrected chi connectivity index (χ4v) is 4.41. The Balaban J connectivity index is 1.76. The molecule has 0 aliphatic carbocycles. The van der Waals surface area contributed by atoms with E-state index in [1.165, 1.54) is 11.3 Å². The number of carbonyl (C=O) groups is 1. The summed E-state index contributed by atoms with van der Waals surface area (Å²) in [5.41, 5.74) is 10.3. The molecule has 0 saturated heterocycles. The van der Waals surface area contributed by atoms with Crippen molar-refractivity contribution in [1.29, 1.82) is 0 Å². The number of aromatic nitrogens is 3. The van der Waals surface area contributed by atoms with E-state index >= 15 is 0 Å². The molecule has 0 atom stereocenters. The first-order chi connectivity index (χ1) is 15.9. The number of primary amides is 1. The third-order valence-corrected chi connectivity index (χ3v) is 6.23. The van der Waals surface area contributed by atoms with Crippen molar-refractivity contribution in [2.24, 2.45) is 5.73 Å². The summed E-state index contributed by atoms with van der Waals surface area (Å²) in [6, 6.07) is 11.2. The first-order valence-electron chi connectivity index (χ1n) is 10.1. The molecule has 2 N–H and O–H groups in total. The number of hydrogen-bond donors (Lipinski definition) is 1. The topological polar surface area (TPSA) is 101 Å². The molecule has 170 valence electrons. The highest BCUT2D eigenvalue weighted by Crippen LogP contribution is 2.33. The highest BCUT2D eigenvalue weighted by molar-refractivity contribution is 7.13. The molecule has 33 heavy (non-hydrogen) atoms. The number of pyridine rings is 1. The van der Waals surface area contributed by atoms with E-state index in [0.29, 0.717) is 29.5 Å². The van der Waals surface area contributed by atoms with Gasteiger partial charge in [-0.25, -0.2) is 9.97 Å². The van der Waals surface area contributed by atoms with Crippen LogP contribution in [0.3, 0.4) is 0 Å². The molecule has 0 radical (unpaired) electrons. The number of carbonyl (C=O) groups excluding carboxylic acids is 1. The normalized spacial score (nSPS) is 10.8. The zero-order chi connectivity index (χ0) is 23.5. The first kappa shape index (κ1) is 22.3. The number of benzene rings is 1. The summed E-state index contributed by atoms with van der Waals surface area (Å²) >= 11 is 1.50. The Bertz CT molecular complexity index is 1270. The Kier molecular flexibility index (Phi) is 6.32. The second kappa shape index (κ2) is 9.33. The Morgan fingerprint density at radius 3 is 2.36 bits per heavy atom. The minimum atomic E-state index is -0.481. The molecule has 0 saturated carbocycles. The van der Waals surface area contributed by atoms with Gasteiger partial charge >= 0.3 is 0 Å². The molecule has 0 fully saturated rings. The lowest BCUT2D eigenvalue weighted by molar-refractivity contribution is 0.0999. The Morgan fingerprint density at radius 1 is 1.06 bits per heavy atom. The summed E-state index contributed by atoms with van der Waals surface area (Å²) in [7, 11) is 4.80. The summed E-state index contributed by atoms with van der Waals surface area (Å²) in [4.78, 5) is 21.2.